The number of hydrogen-bond acceptors (Lipinski definition) is 5. The van der Waals surface area contributed by atoms with E-state index in [2.05, 4.69) is 25.6 Å². The Morgan fingerprint density at radius 3 is 2.59 bits per heavy atom. The van der Waals surface area contributed by atoms with Gasteiger partial charge in [0.2, 0.25) is 5.91 Å². The lowest BCUT2D eigenvalue weighted by Crippen LogP contribution is -2.06. The average Bonchev–Trinajstić information content (AvgIpc) is 3.12. The number of anilines is 3. The summed E-state index contributed by atoms with van der Waals surface area (Å²) in [6.07, 6.45) is 3.09. The van der Waals surface area contributed by atoms with Crippen molar-refractivity contribution in [1.82, 2.24) is 15.0 Å². The van der Waals surface area contributed by atoms with Crippen molar-refractivity contribution < 1.29 is 9.59 Å². The van der Waals surface area contributed by atoms with Gasteiger partial charge in [0.05, 0.1) is 10.9 Å². The van der Waals surface area contributed by atoms with Gasteiger partial charge in [-0.1, -0.05) is 29.8 Å². The Morgan fingerprint density at radius 1 is 1.00 bits per heavy atom. The summed E-state index contributed by atoms with van der Waals surface area (Å²) in [5, 5.41) is 6.59. The predicted octanol–water partition coefficient (Wildman–Crippen LogP) is 4.20. The van der Waals surface area contributed by atoms with Gasteiger partial charge in [-0.05, 0) is 31.2 Å². The summed E-state index contributed by atoms with van der Waals surface area (Å²) in [5.41, 5.74) is 4.07. The molecule has 0 spiro atoms. The third kappa shape index (κ3) is 3.84. The van der Waals surface area contributed by atoms with Gasteiger partial charge in [-0.25, -0.2) is 9.97 Å². The maximum Gasteiger partial charge on any atom is 0.221 e. The monoisotopic (exact) mass is 385 g/mol. The van der Waals surface area contributed by atoms with Gasteiger partial charge in [-0.2, -0.15) is 0 Å². The van der Waals surface area contributed by atoms with Crippen LogP contribution in [0.3, 0.4) is 0 Å². The van der Waals surface area contributed by atoms with Crippen molar-refractivity contribution in [3.05, 3.63) is 77.7 Å². The molecule has 1 amide bonds. The molecule has 2 aromatic heterocycles. The first-order valence-electron chi connectivity index (χ1n) is 9.09. The van der Waals surface area contributed by atoms with Crippen LogP contribution < -0.4 is 10.6 Å². The van der Waals surface area contributed by atoms with Crippen LogP contribution in [-0.2, 0) is 4.79 Å². The Labute approximate surface area is 167 Å². The van der Waals surface area contributed by atoms with Crippen LogP contribution in [0.4, 0.5) is 17.2 Å². The number of carbonyl (C=O) groups excluding carboxylic acids is 2. The van der Waals surface area contributed by atoms with Gasteiger partial charge < -0.3 is 15.6 Å². The maximum atomic E-state index is 13.1. The van der Waals surface area contributed by atoms with Crippen molar-refractivity contribution >= 4 is 39.9 Å². The van der Waals surface area contributed by atoms with Gasteiger partial charge in [0.25, 0.3) is 0 Å². The Hall–Kier alpha value is -4.00. The first kappa shape index (κ1) is 18.4. The Kier molecular flexibility index (Phi) is 4.78. The number of benzene rings is 2. The van der Waals surface area contributed by atoms with E-state index in [1.807, 2.05) is 37.3 Å². The standard InChI is InChI=1S/C22H19N5O2/c1-13-5-3-6-15(9-13)20(29)18-11-23-21-19(18)22(25-12-24-21)27-17-8-4-7-16(10-17)26-14(2)28/h3-12H,1-2H3,(H,26,28)(H2,23,24,25,27). The molecule has 0 aliphatic heterocycles. The smallest absolute Gasteiger partial charge is 0.221 e. The maximum absolute atomic E-state index is 13.1. The normalized spacial score (nSPS) is 10.7. The molecular weight excluding hydrogens is 366 g/mol. The molecule has 29 heavy (non-hydrogen) atoms. The summed E-state index contributed by atoms with van der Waals surface area (Å²) in [4.78, 5) is 36.0. The molecule has 0 atom stereocenters. The summed E-state index contributed by atoms with van der Waals surface area (Å²) >= 11 is 0. The van der Waals surface area contributed by atoms with Gasteiger partial charge in [-0.15, -0.1) is 0 Å². The molecule has 0 saturated heterocycles. The summed E-state index contributed by atoms with van der Waals surface area (Å²) in [5.74, 6) is 0.250. The number of amides is 1. The number of H-pyrrole nitrogens is 1. The van der Waals surface area contributed by atoms with E-state index in [9.17, 15) is 9.59 Å². The number of fused-ring (bicyclic) bond motifs is 1. The van der Waals surface area contributed by atoms with E-state index >= 15 is 0 Å². The second-order valence-electron chi connectivity index (χ2n) is 6.73. The van der Waals surface area contributed by atoms with Crippen LogP contribution in [0, 0.1) is 6.92 Å². The number of carbonyl (C=O) groups is 2. The number of aromatic amines is 1. The molecule has 3 N–H and O–H groups in total. The lowest BCUT2D eigenvalue weighted by Gasteiger charge is -2.10. The molecule has 0 unspecified atom stereocenters. The van der Waals surface area contributed by atoms with Crippen molar-refractivity contribution in [3.8, 4) is 0 Å². The Bertz CT molecular complexity index is 1230. The van der Waals surface area contributed by atoms with E-state index in [1.165, 1.54) is 13.3 Å². The van der Waals surface area contributed by atoms with Crippen LogP contribution in [0.1, 0.15) is 28.4 Å². The second-order valence-corrected chi connectivity index (χ2v) is 6.73. The zero-order chi connectivity index (χ0) is 20.4. The van der Waals surface area contributed by atoms with Crippen LogP contribution in [0.2, 0.25) is 0 Å². The highest BCUT2D eigenvalue weighted by molar-refractivity contribution is 6.18. The molecule has 0 aliphatic rings. The van der Waals surface area contributed by atoms with E-state index in [-0.39, 0.29) is 11.7 Å². The fraction of sp³-hybridized carbons (Fsp3) is 0.0909. The van der Waals surface area contributed by atoms with Crippen molar-refractivity contribution in [2.45, 2.75) is 13.8 Å². The van der Waals surface area contributed by atoms with Gasteiger partial charge in [-0.3, -0.25) is 9.59 Å². The minimum absolute atomic E-state index is 0.107. The van der Waals surface area contributed by atoms with Crippen molar-refractivity contribution in [1.29, 1.82) is 0 Å². The third-order valence-corrected chi connectivity index (χ3v) is 4.44. The van der Waals surface area contributed by atoms with Crippen LogP contribution in [0.15, 0.2) is 61.1 Å². The molecule has 4 rings (SSSR count). The quantitative estimate of drug-likeness (QED) is 0.447. The predicted molar refractivity (Wildman–Crippen MR) is 113 cm³/mol. The number of rotatable bonds is 5. The highest BCUT2D eigenvalue weighted by Crippen LogP contribution is 2.28. The SMILES string of the molecule is CC(=O)Nc1cccc(Nc2ncnc3[nH]cc(C(=O)c4cccc(C)c4)c23)c1. The number of aryl methyl sites for hydroxylation is 1. The molecule has 144 valence electrons. The highest BCUT2D eigenvalue weighted by atomic mass is 16.1. The summed E-state index contributed by atoms with van der Waals surface area (Å²) < 4.78 is 0. The topological polar surface area (TPSA) is 99.8 Å². The Morgan fingerprint density at radius 2 is 1.79 bits per heavy atom. The van der Waals surface area contributed by atoms with Crippen LogP contribution in [0.25, 0.3) is 11.0 Å². The molecule has 7 nitrogen and oxygen atoms in total. The molecule has 0 bridgehead atoms. The zero-order valence-electron chi connectivity index (χ0n) is 16.0. The van der Waals surface area contributed by atoms with Gasteiger partial charge in [0.1, 0.15) is 17.8 Å². The first-order chi connectivity index (χ1) is 14.0. The zero-order valence-corrected chi connectivity index (χ0v) is 16.0. The van der Waals surface area contributed by atoms with Crippen LogP contribution >= 0.6 is 0 Å². The number of ketones is 1. The average molecular weight is 385 g/mol. The highest BCUT2D eigenvalue weighted by Gasteiger charge is 2.18. The lowest BCUT2D eigenvalue weighted by atomic mass is 10.0. The summed E-state index contributed by atoms with van der Waals surface area (Å²) in [6.45, 7) is 3.40. The van der Waals surface area contributed by atoms with E-state index in [0.717, 1.165) is 11.3 Å². The van der Waals surface area contributed by atoms with Crippen molar-refractivity contribution in [3.63, 3.8) is 0 Å². The van der Waals surface area contributed by atoms with Gasteiger partial charge in [0.15, 0.2) is 5.78 Å². The minimum Gasteiger partial charge on any atom is -0.345 e. The van der Waals surface area contributed by atoms with Gasteiger partial charge in [0, 0.05) is 30.1 Å². The Balaban J connectivity index is 1.74. The van der Waals surface area contributed by atoms with Crippen LogP contribution in [0.5, 0.6) is 0 Å². The van der Waals surface area contributed by atoms with E-state index in [4.69, 9.17) is 0 Å². The van der Waals surface area contributed by atoms with Crippen molar-refractivity contribution in [2.24, 2.45) is 0 Å². The number of nitrogens with one attached hydrogen (secondary N) is 3. The second kappa shape index (κ2) is 7.55. The molecule has 2 heterocycles. The van der Waals surface area contributed by atoms with Crippen molar-refractivity contribution in [2.75, 3.05) is 10.6 Å². The lowest BCUT2D eigenvalue weighted by molar-refractivity contribution is -0.114. The third-order valence-electron chi connectivity index (χ3n) is 4.44. The van der Waals surface area contributed by atoms with Gasteiger partial charge >= 0.3 is 0 Å². The van der Waals surface area contributed by atoms with E-state index in [0.29, 0.717) is 33.7 Å². The number of hydrogen-bond donors (Lipinski definition) is 3. The molecule has 2 aromatic carbocycles. The molecule has 0 fully saturated rings. The fourth-order valence-corrected chi connectivity index (χ4v) is 3.19. The summed E-state index contributed by atoms with van der Waals surface area (Å²) in [7, 11) is 0. The minimum atomic E-state index is -0.150. The largest absolute Gasteiger partial charge is 0.345 e. The van der Waals surface area contributed by atoms with Crippen LogP contribution in [-0.4, -0.2) is 26.6 Å². The number of nitrogens with zero attached hydrogens (tertiary/aromatic N) is 2. The number of aromatic nitrogens is 3. The molecule has 0 radical (unpaired) electrons. The molecule has 4 aromatic rings. The first-order valence-corrected chi connectivity index (χ1v) is 9.09. The molecule has 0 saturated carbocycles. The summed E-state index contributed by atoms with van der Waals surface area (Å²) in [6, 6.07) is 14.7. The molecule has 0 aliphatic carbocycles. The van der Waals surface area contributed by atoms with E-state index in [1.54, 1.807) is 24.4 Å². The fourth-order valence-electron chi connectivity index (χ4n) is 3.19. The molecular formula is C22H19N5O2. The van der Waals surface area contributed by atoms with E-state index < -0.39 is 0 Å². The molecule has 7 heteroatoms.